The van der Waals surface area contributed by atoms with Crippen molar-refractivity contribution in [3.05, 3.63) is 28.1 Å². The lowest BCUT2D eigenvalue weighted by Gasteiger charge is -2.29. The molecule has 0 heterocycles. The van der Waals surface area contributed by atoms with E-state index in [0.29, 0.717) is 18.2 Å². The zero-order valence-electron chi connectivity index (χ0n) is 11.5. The summed E-state index contributed by atoms with van der Waals surface area (Å²) in [5, 5.41) is 11.1. The largest absolute Gasteiger partial charge is 0.494 e. The minimum atomic E-state index is -0.743. The van der Waals surface area contributed by atoms with E-state index < -0.39 is 10.7 Å². The highest BCUT2D eigenvalue weighted by Crippen LogP contribution is 2.40. The summed E-state index contributed by atoms with van der Waals surface area (Å²) in [6, 6.07) is 2.27. The summed E-state index contributed by atoms with van der Waals surface area (Å²) in [6.07, 6.45) is 2.14. The predicted molar refractivity (Wildman–Crippen MR) is 73.6 cm³/mol. The van der Waals surface area contributed by atoms with Gasteiger partial charge in [0.05, 0.1) is 18.1 Å². The van der Waals surface area contributed by atoms with E-state index in [1.165, 1.54) is 13.2 Å². The number of hydrogen-bond donors (Lipinski definition) is 1. The number of nitro groups is 1. The molecule has 0 aromatic heterocycles. The van der Waals surface area contributed by atoms with Crippen LogP contribution in [0, 0.1) is 21.8 Å². The first-order valence-corrected chi connectivity index (χ1v) is 6.44. The molecule has 1 aliphatic carbocycles. The third kappa shape index (κ3) is 2.67. The lowest BCUT2D eigenvalue weighted by Crippen LogP contribution is -2.40. The molecule has 0 bridgehead atoms. The second kappa shape index (κ2) is 5.62. The van der Waals surface area contributed by atoms with Crippen molar-refractivity contribution in [2.45, 2.75) is 18.9 Å². The van der Waals surface area contributed by atoms with Crippen molar-refractivity contribution in [1.29, 1.82) is 0 Å². The molecule has 20 heavy (non-hydrogen) atoms. The molecule has 2 N–H and O–H groups in total. The van der Waals surface area contributed by atoms with Gasteiger partial charge in [0.15, 0.2) is 11.6 Å². The molecular formula is C13H18FN3O3. The number of nitrogens with zero attached hydrogens (tertiary/aromatic N) is 2. The summed E-state index contributed by atoms with van der Waals surface area (Å²) >= 11 is 0. The molecule has 0 amide bonds. The van der Waals surface area contributed by atoms with Gasteiger partial charge < -0.3 is 15.4 Å². The van der Waals surface area contributed by atoms with Gasteiger partial charge in [-0.15, -0.1) is 0 Å². The van der Waals surface area contributed by atoms with Crippen LogP contribution in [0.4, 0.5) is 15.8 Å². The van der Waals surface area contributed by atoms with Crippen molar-refractivity contribution in [2.75, 3.05) is 25.6 Å². The number of benzene rings is 1. The number of halogens is 1. The monoisotopic (exact) mass is 283 g/mol. The van der Waals surface area contributed by atoms with Gasteiger partial charge in [-0.05, 0) is 18.8 Å². The van der Waals surface area contributed by atoms with Crippen LogP contribution in [-0.2, 0) is 0 Å². The minimum absolute atomic E-state index is 0.0102. The Kier molecular flexibility index (Phi) is 4.08. The van der Waals surface area contributed by atoms with Crippen molar-refractivity contribution >= 4 is 11.4 Å². The molecular weight excluding hydrogens is 265 g/mol. The van der Waals surface area contributed by atoms with Gasteiger partial charge in [0.25, 0.3) is 5.69 Å². The Morgan fingerprint density at radius 2 is 2.25 bits per heavy atom. The number of rotatable bonds is 6. The van der Waals surface area contributed by atoms with Crippen LogP contribution >= 0.6 is 0 Å². The quantitative estimate of drug-likeness (QED) is 0.637. The highest BCUT2D eigenvalue weighted by atomic mass is 19.1. The van der Waals surface area contributed by atoms with E-state index in [1.807, 2.05) is 0 Å². The number of methoxy groups -OCH3 is 1. The number of likely N-dealkylation sites (N-methyl/N-ethyl adjacent to an activating group) is 1. The first-order valence-electron chi connectivity index (χ1n) is 6.44. The summed E-state index contributed by atoms with van der Waals surface area (Å²) in [7, 11) is 3.07. The standard InChI is InChI=1S/C13H18FN3O3/c1-16(12(7-15)8-3-4-8)10-6-13(20-2)9(14)5-11(10)17(18)19/h5-6,8,12H,3-4,7,15H2,1-2H3. The first-order chi connectivity index (χ1) is 9.49. The van der Waals surface area contributed by atoms with Crippen LogP contribution in [0.5, 0.6) is 5.75 Å². The van der Waals surface area contributed by atoms with Gasteiger partial charge >= 0.3 is 0 Å². The van der Waals surface area contributed by atoms with Crippen LogP contribution in [0.1, 0.15) is 12.8 Å². The summed E-state index contributed by atoms with van der Waals surface area (Å²) in [5.74, 6) is -0.309. The Hall–Kier alpha value is -1.89. The molecule has 1 fully saturated rings. The van der Waals surface area contributed by atoms with Crippen LogP contribution < -0.4 is 15.4 Å². The van der Waals surface area contributed by atoms with Gasteiger partial charge in [-0.3, -0.25) is 10.1 Å². The van der Waals surface area contributed by atoms with Crippen LogP contribution in [0.25, 0.3) is 0 Å². The lowest BCUT2D eigenvalue weighted by atomic mass is 10.1. The molecule has 7 heteroatoms. The third-order valence-corrected chi connectivity index (χ3v) is 3.73. The molecule has 0 aliphatic heterocycles. The summed E-state index contributed by atoms with van der Waals surface area (Å²) in [4.78, 5) is 12.3. The molecule has 0 saturated heterocycles. The maximum Gasteiger partial charge on any atom is 0.295 e. The Bertz CT molecular complexity index is 520. The van der Waals surface area contributed by atoms with Crippen molar-refractivity contribution in [1.82, 2.24) is 0 Å². The topological polar surface area (TPSA) is 81.6 Å². The fraction of sp³-hybridized carbons (Fsp3) is 0.538. The number of nitrogens with two attached hydrogens (primary N) is 1. The normalized spacial score (nSPS) is 15.8. The number of ether oxygens (including phenoxy) is 1. The van der Waals surface area contributed by atoms with Gasteiger partial charge in [0, 0.05) is 25.7 Å². The van der Waals surface area contributed by atoms with Gasteiger partial charge in [-0.2, -0.15) is 0 Å². The third-order valence-electron chi connectivity index (χ3n) is 3.73. The SMILES string of the molecule is COc1cc(N(C)C(CN)C2CC2)c([N+](=O)[O-])cc1F. The van der Waals surface area contributed by atoms with E-state index in [4.69, 9.17) is 10.5 Å². The van der Waals surface area contributed by atoms with E-state index in [9.17, 15) is 14.5 Å². The number of nitro benzene ring substituents is 1. The fourth-order valence-corrected chi connectivity index (χ4v) is 2.44. The van der Waals surface area contributed by atoms with Crippen LogP contribution in [0.3, 0.4) is 0 Å². The molecule has 1 saturated carbocycles. The van der Waals surface area contributed by atoms with Crippen molar-refractivity contribution < 1.29 is 14.1 Å². The molecule has 1 aliphatic rings. The molecule has 2 rings (SSSR count). The Balaban J connectivity index is 2.44. The van der Waals surface area contributed by atoms with Crippen molar-refractivity contribution in [2.24, 2.45) is 11.7 Å². The molecule has 110 valence electrons. The average molecular weight is 283 g/mol. The van der Waals surface area contributed by atoms with E-state index >= 15 is 0 Å². The molecule has 1 unspecified atom stereocenters. The summed E-state index contributed by atoms with van der Waals surface area (Å²) in [6.45, 7) is 0.401. The zero-order chi connectivity index (χ0) is 14.9. The highest BCUT2D eigenvalue weighted by Gasteiger charge is 2.35. The number of anilines is 1. The van der Waals surface area contributed by atoms with Crippen molar-refractivity contribution in [3.63, 3.8) is 0 Å². The summed E-state index contributed by atoms with van der Waals surface area (Å²) < 4.78 is 18.5. The van der Waals surface area contributed by atoms with Crippen LogP contribution in [0.15, 0.2) is 12.1 Å². The van der Waals surface area contributed by atoms with Crippen molar-refractivity contribution in [3.8, 4) is 5.75 Å². The Morgan fingerprint density at radius 1 is 1.60 bits per heavy atom. The molecule has 1 aromatic rings. The maximum absolute atomic E-state index is 13.6. The fourth-order valence-electron chi connectivity index (χ4n) is 2.44. The van der Waals surface area contributed by atoms with Crippen LogP contribution in [0.2, 0.25) is 0 Å². The molecule has 1 atom stereocenters. The molecule has 1 aromatic carbocycles. The number of hydrogen-bond acceptors (Lipinski definition) is 5. The second-order valence-corrected chi connectivity index (χ2v) is 4.98. The first kappa shape index (κ1) is 14.5. The van der Waals surface area contributed by atoms with E-state index in [1.54, 1.807) is 11.9 Å². The van der Waals surface area contributed by atoms with E-state index in [0.717, 1.165) is 18.9 Å². The second-order valence-electron chi connectivity index (χ2n) is 4.98. The molecule has 0 spiro atoms. The van der Waals surface area contributed by atoms with Crippen LogP contribution in [-0.4, -0.2) is 31.7 Å². The zero-order valence-corrected chi connectivity index (χ0v) is 11.5. The van der Waals surface area contributed by atoms with Gasteiger partial charge in [0.2, 0.25) is 0 Å². The average Bonchev–Trinajstić information content (AvgIpc) is 3.23. The van der Waals surface area contributed by atoms with Gasteiger partial charge in [-0.25, -0.2) is 4.39 Å². The minimum Gasteiger partial charge on any atom is -0.494 e. The van der Waals surface area contributed by atoms with Gasteiger partial charge in [0.1, 0.15) is 5.69 Å². The van der Waals surface area contributed by atoms with E-state index in [2.05, 4.69) is 0 Å². The predicted octanol–water partition coefficient (Wildman–Crippen LogP) is 1.92. The highest BCUT2D eigenvalue weighted by molar-refractivity contribution is 5.66. The lowest BCUT2D eigenvalue weighted by molar-refractivity contribution is -0.384. The maximum atomic E-state index is 13.6. The van der Waals surface area contributed by atoms with E-state index in [-0.39, 0.29) is 17.5 Å². The Morgan fingerprint density at radius 3 is 2.70 bits per heavy atom. The van der Waals surface area contributed by atoms with Gasteiger partial charge in [-0.1, -0.05) is 0 Å². The smallest absolute Gasteiger partial charge is 0.295 e. The Labute approximate surface area is 116 Å². The molecule has 6 nitrogen and oxygen atoms in total. The molecule has 0 radical (unpaired) electrons. The summed E-state index contributed by atoms with van der Waals surface area (Å²) in [5.41, 5.74) is 5.82.